The number of hydrogen-bond donors (Lipinski definition) is 1. The quantitative estimate of drug-likeness (QED) is 0.452. The van der Waals surface area contributed by atoms with Gasteiger partial charge in [0.15, 0.2) is 0 Å². The van der Waals surface area contributed by atoms with Gasteiger partial charge in [-0.2, -0.15) is 0 Å². The van der Waals surface area contributed by atoms with E-state index < -0.39 is 0 Å². The van der Waals surface area contributed by atoms with Crippen molar-refractivity contribution in [1.29, 1.82) is 0 Å². The zero-order chi connectivity index (χ0) is 7.23. The van der Waals surface area contributed by atoms with E-state index in [0.717, 1.165) is 6.54 Å². The molecule has 0 aliphatic heterocycles. The summed E-state index contributed by atoms with van der Waals surface area (Å²) in [5.74, 6) is 0. The molecule has 1 amide bonds. The van der Waals surface area contributed by atoms with Gasteiger partial charge >= 0.3 is 6.41 Å². The van der Waals surface area contributed by atoms with Gasteiger partial charge in [0.1, 0.15) is 0 Å². The second-order valence-electron chi connectivity index (χ2n) is 1.83. The Bertz CT molecular complexity index is 183. The standard InChI is InChI=1S/C6H8N3O/c10-6-8-2-4-9-3-1-7-5-9/h1,3,5H,2,4H2,(H,8,10). The number of hydrogen-bond acceptors (Lipinski definition) is 2. The van der Waals surface area contributed by atoms with Gasteiger partial charge in [-0.15, -0.1) is 0 Å². The van der Waals surface area contributed by atoms with E-state index in [1.807, 2.05) is 10.8 Å². The van der Waals surface area contributed by atoms with E-state index in [0.29, 0.717) is 6.54 Å². The number of nitrogens with one attached hydrogen (secondary N) is 1. The summed E-state index contributed by atoms with van der Waals surface area (Å²) in [7, 11) is 0. The van der Waals surface area contributed by atoms with Crippen molar-refractivity contribution in [1.82, 2.24) is 14.9 Å². The van der Waals surface area contributed by atoms with Crippen molar-refractivity contribution in [3.05, 3.63) is 18.7 Å². The normalized spacial score (nSPS) is 9.20. The Morgan fingerprint density at radius 1 is 1.70 bits per heavy atom. The van der Waals surface area contributed by atoms with Gasteiger partial charge in [0.05, 0.1) is 6.33 Å². The van der Waals surface area contributed by atoms with Gasteiger partial charge in [0.25, 0.3) is 0 Å². The molecule has 0 fully saturated rings. The molecule has 0 aliphatic rings. The first kappa shape index (κ1) is 6.80. The molecule has 10 heavy (non-hydrogen) atoms. The van der Waals surface area contributed by atoms with Gasteiger partial charge in [0, 0.05) is 25.5 Å². The van der Waals surface area contributed by atoms with Crippen LogP contribution in [0.2, 0.25) is 0 Å². The third kappa shape index (κ3) is 1.89. The highest BCUT2D eigenvalue weighted by molar-refractivity contribution is 5.46. The monoisotopic (exact) mass is 138 g/mol. The number of amides is 1. The molecule has 1 heterocycles. The Hall–Kier alpha value is -1.32. The Morgan fingerprint density at radius 3 is 3.20 bits per heavy atom. The fraction of sp³-hybridized carbons (Fsp3) is 0.333. The zero-order valence-corrected chi connectivity index (χ0v) is 5.45. The summed E-state index contributed by atoms with van der Waals surface area (Å²) in [4.78, 5) is 13.5. The van der Waals surface area contributed by atoms with Crippen molar-refractivity contribution in [3.8, 4) is 0 Å². The van der Waals surface area contributed by atoms with E-state index in [1.165, 1.54) is 0 Å². The summed E-state index contributed by atoms with van der Waals surface area (Å²) in [5, 5.41) is 2.43. The van der Waals surface area contributed by atoms with Crippen LogP contribution in [0.1, 0.15) is 0 Å². The predicted octanol–water partition coefficient (Wildman–Crippen LogP) is -0.460. The first-order chi connectivity index (χ1) is 4.93. The topological polar surface area (TPSA) is 46.9 Å². The predicted molar refractivity (Wildman–Crippen MR) is 35.9 cm³/mol. The molecule has 0 saturated heterocycles. The van der Waals surface area contributed by atoms with Crippen LogP contribution in [0.4, 0.5) is 0 Å². The minimum Gasteiger partial charge on any atom is -0.346 e. The summed E-state index contributed by atoms with van der Waals surface area (Å²) >= 11 is 0. The Balaban J connectivity index is 2.21. The van der Waals surface area contributed by atoms with Crippen LogP contribution in [0.3, 0.4) is 0 Å². The molecule has 53 valence electrons. The average molecular weight is 138 g/mol. The molecular weight excluding hydrogens is 130 g/mol. The molecule has 0 aliphatic carbocycles. The highest BCUT2D eigenvalue weighted by Gasteiger charge is 1.86. The highest BCUT2D eigenvalue weighted by atomic mass is 16.1. The number of aromatic nitrogens is 2. The molecule has 1 N–H and O–H groups in total. The lowest BCUT2D eigenvalue weighted by molar-refractivity contribution is 0.536. The maximum Gasteiger partial charge on any atom is 0.309 e. The van der Waals surface area contributed by atoms with E-state index in [4.69, 9.17) is 0 Å². The van der Waals surface area contributed by atoms with Gasteiger partial charge in [-0.3, -0.25) is 4.79 Å². The smallest absolute Gasteiger partial charge is 0.309 e. The van der Waals surface area contributed by atoms with Crippen molar-refractivity contribution in [2.75, 3.05) is 6.54 Å². The third-order valence-corrected chi connectivity index (χ3v) is 1.13. The largest absolute Gasteiger partial charge is 0.346 e. The maximum atomic E-state index is 9.67. The Kier molecular flexibility index (Phi) is 2.49. The van der Waals surface area contributed by atoms with E-state index >= 15 is 0 Å². The number of imidazole rings is 1. The van der Waals surface area contributed by atoms with Gasteiger partial charge < -0.3 is 9.88 Å². The van der Waals surface area contributed by atoms with Crippen molar-refractivity contribution >= 4 is 6.41 Å². The van der Waals surface area contributed by atoms with Crippen molar-refractivity contribution < 1.29 is 4.79 Å². The summed E-state index contributed by atoms with van der Waals surface area (Å²) in [6.07, 6.45) is 6.84. The van der Waals surface area contributed by atoms with Crippen molar-refractivity contribution in [2.45, 2.75) is 6.54 Å². The third-order valence-electron chi connectivity index (χ3n) is 1.13. The summed E-state index contributed by atoms with van der Waals surface area (Å²) < 4.78 is 1.88. The second-order valence-corrected chi connectivity index (χ2v) is 1.83. The lowest BCUT2D eigenvalue weighted by atomic mass is 10.6. The summed E-state index contributed by atoms with van der Waals surface area (Å²) in [6.45, 7) is 1.34. The molecule has 0 unspecified atom stereocenters. The van der Waals surface area contributed by atoms with Crippen LogP contribution in [0.5, 0.6) is 0 Å². The molecular formula is C6H8N3O. The minimum absolute atomic E-state index is 0.597. The molecule has 0 spiro atoms. The Morgan fingerprint density at radius 2 is 2.60 bits per heavy atom. The van der Waals surface area contributed by atoms with Crippen LogP contribution >= 0.6 is 0 Å². The SMILES string of the molecule is O=[C]NCCn1ccnc1. The van der Waals surface area contributed by atoms with E-state index in [9.17, 15) is 4.79 Å². The van der Waals surface area contributed by atoms with E-state index in [1.54, 1.807) is 18.9 Å². The highest BCUT2D eigenvalue weighted by Crippen LogP contribution is 1.82. The molecule has 4 nitrogen and oxygen atoms in total. The molecule has 1 aromatic rings. The van der Waals surface area contributed by atoms with Crippen LogP contribution in [0, 0.1) is 0 Å². The zero-order valence-electron chi connectivity index (χ0n) is 5.45. The molecule has 0 bridgehead atoms. The summed E-state index contributed by atoms with van der Waals surface area (Å²) in [5.41, 5.74) is 0. The van der Waals surface area contributed by atoms with E-state index in [2.05, 4.69) is 10.3 Å². The van der Waals surface area contributed by atoms with Gasteiger partial charge in [-0.1, -0.05) is 0 Å². The number of rotatable bonds is 4. The van der Waals surface area contributed by atoms with Gasteiger partial charge in [-0.05, 0) is 0 Å². The van der Waals surface area contributed by atoms with Crippen LogP contribution in [-0.2, 0) is 11.3 Å². The maximum absolute atomic E-state index is 9.67. The average Bonchev–Trinajstić information content (AvgIpc) is 2.41. The molecule has 0 atom stereocenters. The summed E-state index contributed by atoms with van der Waals surface area (Å²) in [6, 6.07) is 0. The lowest BCUT2D eigenvalue weighted by Crippen LogP contribution is -2.16. The molecule has 1 radical (unpaired) electrons. The fourth-order valence-corrected chi connectivity index (χ4v) is 0.655. The Labute approximate surface area is 58.9 Å². The molecule has 1 aromatic heterocycles. The number of nitrogens with zero attached hydrogens (tertiary/aromatic N) is 2. The number of carbonyl (C=O) groups excluding carboxylic acids is 1. The first-order valence-corrected chi connectivity index (χ1v) is 2.99. The molecule has 0 aromatic carbocycles. The van der Waals surface area contributed by atoms with Gasteiger partial charge in [0.2, 0.25) is 0 Å². The van der Waals surface area contributed by atoms with Crippen LogP contribution in [-0.4, -0.2) is 22.5 Å². The van der Waals surface area contributed by atoms with Crippen molar-refractivity contribution in [2.24, 2.45) is 0 Å². The van der Waals surface area contributed by atoms with Crippen LogP contribution < -0.4 is 5.32 Å². The molecule has 4 heteroatoms. The molecule has 1 rings (SSSR count). The van der Waals surface area contributed by atoms with Crippen molar-refractivity contribution in [3.63, 3.8) is 0 Å². The van der Waals surface area contributed by atoms with Crippen LogP contribution in [0.25, 0.3) is 0 Å². The lowest BCUT2D eigenvalue weighted by Gasteiger charge is -1.97. The second kappa shape index (κ2) is 3.66. The first-order valence-electron chi connectivity index (χ1n) is 2.99. The van der Waals surface area contributed by atoms with Crippen LogP contribution in [0.15, 0.2) is 18.7 Å². The fourth-order valence-electron chi connectivity index (χ4n) is 0.655. The molecule has 0 saturated carbocycles. The van der Waals surface area contributed by atoms with Gasteiger partial charge in [-0.25, -0.2) is 4.98 Å². The van der Waals surface area contributed by atoms with E-state index in [-0.39, 0.29) is 0 Å². The minimum atomic E-state index is 0.597.